The normalized spacial score (nSPS) is 10.9. The fraction of sp³-hybridized carbons (Fsp3) is 0.538. The van der Waals surface area contributed by atoms with E-state index in [1.54, 1.807) is 12.1 Å². The molecule has 0 saturated carbocycles. The van der Waals surface area contributed by atoms with Gasteiger partial charge in [-0.1, -0.05) is 6.07 Å². The van der Waals surface area contributed by atoms with Crippen molar-refractivity contribution in [2.45, 2.75) is 6.92 Å². The second-order valence-electron chi connectivity index (χ2n) is 4.34. The minimum absolute atomic E-state index is 0.302. The van der Waals surface area contributed by atoms with E-state index >= 15 is 0 Å². The van der Waals surface area contributed by atoms with Gasteiger partial charge in [-0.3, -0.25) is 0 Å². The lowest BCUT2D eigenvalue weighted by Crippen LogP contribution is -2.29. The van der Waals surface area contributed by atoms with E-state index in [1.807, 2.05) is 21.0 Å². The zero-order valence-electron chi connectivity index (χ0n) is 10.8. The molecule has 3 nitrogen and oxygen atoms in total. The first-order valence-corrected chi connectivity index (χ1v) is 5.84. The summed E-state index contributed by atoms with van der Waals surface area (Å²) in [6.07, 6.45) is 0. The highest BCUT2D eigenvalue weighted by atomic mass is 19.1. The quantitative estimate of drug-likeness (QED) is 0.734. The number of nitrogens with one attached hydrogen (secondary N) is 1. The Morgan fingerprint density at radius 2 is 2.06 bits per heavy atom. The molecule has 0 aliphatic heterocycles. The van der Waals surface area contributed by atoms with Crippen molar-refractivity contribution in [2.24, 2.45) is 0 Å². The summed E-state index contributed by atoms with van der Waals surface area (Å²) in [6, 6.07) is 4.89. The van der Waals surface area contributed by atoms with E-state index in [0.29, 0.717) is 12.4 Å². The zero-order valence-corrected chi connectivity index (χ0v) is 10.8. The van der Waals surface area contributed by atoms with Crippen LogP contribution in [0.3, 0.4) is 0 Å². The maximum absolute atomic E-state index is 13.3. The highest BCUT2D eigenvalue weighted by Gasteiger charge is 2.02. The molecule has 1 aromatic carbocycles. The molecule has 0 aromatic heterocycles. The van der Waals surface area contributed by atoms with Gasteiger partial charge in [0.1, 0.15) is 6.61 Å². The highest BCUT2D eigenvalue weighted by Crippen LogP contribution is 2.17. The minimum Gasteiger partial charge on any atom is -0.489 e. The predicted octanol–water partition coefficient (Wildman–Crippen LogP) is 1.66. The van der Waals surface area contributed by atoms with Gasteiger partial charge < -0.3 is 15.0 Å². The first-order valence-electron chi connectivity index (χ1n) is 5.84. The first kappa shape index (κ1) is 13.9. The largest absolute Gasteiger partial charge is 0.489 e. The van der Waals surface area contributed by atoms with Crippen molar-refractivity contribution in [2.75, 3.05) is 40.3 Å². The number of likely N-dealkylation sites (N-methyl/N-ethyl adjacent to an activating group) is 1. The first-order chi connectivity index (χ1) is 8.09. The number of hydrogen-bond donors (Lipinski definition) is 1. The average molecular weight is 240 g/mol. The second kappa shape index (κ2) is 7.25. The van der Waals surface area contributed by atoms with Crippen LogP contribution in [0.4, 0.5) is 4.39 Å². The third-order valence-electron chi connectivity index (χ3n) is 2.36. The van der Waals surface area contributed by atoms with Gasteiger partial charge in [0.25, 0.3) is 0 Å². The monoisotopic (exact) mass is 240 g/mol. The Bertz CT molecular complexity index is 342. The Morgan fingerprint density at radius 1 is 1.29 bits per heavy atom. The van der Waals surface area contributed by atoms with Crippen LogP contribution in [0.25, 0.3) is 0 Å². The van der Waals surface area contributed by atoms with E-state index in [4.69, 9.17) is 4.74 Å². The summed E-state index contributed by atoms with van der Waals surface area (Å²) in [5, 5.41) is 3.23. The average Bonchev–Trinajstić information content (AvgIpc) is 2.27. The molecule has 4 heteroatoms. The number of rotatable bonds is 7. The lowest BCUT2D eigenvalue weighted by molar-refractivity contribution is 0.294. The smallest absolute Gasteiger partial charge is 0.165 e. The number of aryl methyl sites for hydroxylation is 1. The van der Waals surface area contributed by atoms with Gasteiger partial charge in [0.15, 0.2) is 11.6 Å². The van der Waals surface area contributed by atoms with Crippen LogP contribution in [0.15, 0.2) is 18.2 Å². The van der Waals surface area contributed by atoms with Crippen molar-refractivity contribution in [3.05, 3.63) is 29.6 Å². The molecule has 1 rings (SSSR count). The van der Waals surface area contributed by atoms with E-state index in [2.05, 4.69) is 10.2 Å². The molecule has 17 heavy (non-hydrogen) atoms. The fourth-order valence-corrected chi connectivity index (χ4v) is 1.38. The van der Waals surface area contributed by atoms with Crippen LogP contribution in [0.2, 0.25) is 0 Å². The molecule has 0 radical (unpaired) electrons. The highest BCUT2D eigenvalue weighted by molar-refractivity contribution is 5.29. The Balaban J connectivity index is 2.20. The van der Waals surface area contributed by atoms with E-state index < -0.39 is 0 Å². The van der Waals surface area contributed by atoms with Crippen molar-refractivity contribution in [3.63, 3.8) is 0 Å². The van der Waals surface area contributed by atoms with Crippen molar-refractivity contribution in [3.8, 4) is 5.75 Å². The van der Waals surface area contributed by atoms with E-state index in [0.717, 1.165) is 25.2 Å². The van der Waals surface area contributed by atoms with Crippen LogP contribution >= 0.6 is 0 Å². The molecular formula is C13H21FN2O. The minimum atomic E-state index is -0.302. The van der Waals surface area contributed by atoms with Crippen molar-refractivity contribution < 1.29 is 9.13 Å². The molecule has 0 aliphatic rings. The van der Waals surface area contributed by atoms with Crippen LogP contribution in [0, 0.1) is 12.7 Å². The molecule has 0 unspecified atom stereocenters. The molecular weight excluding hydrogens is 219 g/mol. The summed E-state index contributed by atoms with van der Waals surface area (Å²) in [5.41, 5.74) is 1.00. The topological polar surface area (TPSA) is 24.5 Å². The van der Waals surface area contributed by atoms with Gasteiger partial charge >= 0.3 is 0 Å². The molecule has 0 amide bonds. The Labute approximate surface area is 103 Å². The number of ether oxygens (including phenoxy) is 1. The SMILES string of the molecule is Cc1ccc(F)c(OCCNCCN(C)C)c1. The molecule has 96 valence electrons. The molecule has 1 aromatic rings. The summed E-state index contributed by atoms with van der Waals surface area (Å²) >= 11 is 0. The molecule has 0 atom stereocenters. The fourth-order valence-electron chi connectivity index (χ4n) is 1.38. The summed E-state index contributed by atoms with van der Waals surface area (Å²) in [4.78, 5) is 2.11. The van der Waals surface area contributed by atoms with Crippen molar-refractivity contribution in [1.82, 2.24) is 10.2 Å². The maximum atomic E-state index is 13.3. The standard InChI is InChI=1S/C13H21FN2O/c1-11-4-5-12(14)13(10-11)17-9-7-15-6-8-16(2)3/h4-5,10,15H,6-9H2,1-3H3. The van der Waals surface area contributed by atoms with Gasteiger partial charge in [0.05, 0.1) is 0 Å². The van der Waals surface area contributed by atoms with Crippen LogP contribution < -0.4 is 10.1 Å². The van der Waals surface area contributed by atoms with Crippen LogP contribution in [-0.2, 0) is 0 Å². The van der Waals surface area contributed by atoms with Gasteiger partial charge in [0.2, 0.25) is 0 Å². The Hall–Kier alpha value is -1.13. The van der Waals surface area contributed by atoms with E-state index in [1.165, 1.54) is 6.07 Å². The van der Waals surface area contributed by atoms with E-state index in [9.17, 15) is 4.39 Å². The van der Waals surface area contributed by atoms with Gasteiger partial charge in [-0.05, 0) is 38.7 Å². The molecule has 1 N–H and O–H groups in total. The summed E-state index contributed by atoms with van der Waals surface area (Å²) < 4.78 is 18.7. The zero-order chi connectivity index (χ0) is 12.7. The number of benzene rings is 1. The van der Waals surface area contributed by atoms with Gasteiger partial charge in [-0.25, -0.2) is 4.39 Å². The van der Waals surface area contributed by atoms with E-state index in [-0.39, 0.29) is 5.82 Å². The third kappa shape index (κ3) is 5.65. The number of halogens is 1. The number of nitrogens with zero attached hydrogens (tertiary/aromatic N) is 1. The molecule has 0 spiro atoms. The Morgan fingerprint density at radius 3 is 2.76 bits per heavy atom. The van der Waals surface area contributed by atoms with Crippen LogP contribution in [-0.4, -0.2) is 45.2 Å². The van der Waals surface area contributed by atoms with Gasteiger partial charge in [-0.2, -0.15) is 0 Å². The van der Waals surface area contributed by atoms with Crippen LogP contribution in [0.5, 0.6) is 5.75 Å². The molecule has 0 aliphatic carbocycles. The summed E-state index contributed by atoms with van der Waals surface area (Å²) in [7, 11) is 4.06. The molecule has 0 fully saturated rings. The van der Waals surface area contributed by atoms with Gasteiger partial charge in [-0.15, -0.1) is 0 Å². The molecule has 0 bridgehead atoms. The third-order valence-corrected chi connectivity index (χ3v) is 2.36. The predicted molar refractivity (Wildman–Crippen MR) is 68.1 cm³/mol. The molecule has 0 heterocycles. The Kier molecular flexibility index (Phi) is 5.94. The molecule has 0 saturated heterocycles. The lowest BCUT2D eigenvalue weighted by Gasteiger charge is -2.11. The lowest BCUT2D eigenvalue weighted by atomic mass is 10.2. The van der Waals surface area contributed by atoms with Crippen LogP contribution in [0.1, 0.15) is 5.56 Å². The second-order valence-corrected chi connectivity index (χ2v) is 4.34. The van der Waals surface area contributed by atoms with Crippen molar-refractivity contribution >= 4 is 0 Å². The van der Waals surface area contributed by atoms with Gasteiger partial charge in [0, 0.05) is 19.6 Å². The summed E-state index contributed by atoms with van der Waals surface area (Å²) in [6.45, 7) is 5.02. The number of hydrogen-bond acceptors (Lipinski definition) is 3. The summed E-state index contributed by atoms with van der Waals surface area (Å²) in [5.74, 6) is 0.0308. The van der Waals surface area contributed by atoms with Crippen molar-refractivity contribution in [1.29, 1.82) is 0 Å². The maximum Gasteiger partial charge on any atom is 0.165 e.